The summed E-state index contributed by atoms with van der Waals surface area (Å²) in [4.78, 5) is 35.6. The lowest BCUT2D eigenvalue weighted by atomic mass is 9.95. The highest BCUT2D eigenvalue weighted by atomic mass is 16.5. The Balaban J connectivity index is 1.69. The maximum absolute atomic E-state index is 12.4. The van der Waals surface area contributed by atoms with Crippen molar-refractivity contribution in [3.05, 3.63) is 40.8 Å². The van der Waals surface area contributed by atoms with Crippen LogP contribution in [-0.4, -0.2) is 25.2 Å². The van der Waals surface area contributed by atoms with E-state index in [-0.39, 0.29) is 24.0 Å². The first-order chi connectivity index (χ1) is 12.6. The van der Waals surface area contributed by atoms with E-state index in [2.05, 4.69) is 10.6 Å². The van der Waals surface area contributed by atoms with Crippen LogP contribution in [0, 0.1) is 5.92 Å². The SMILES string of the molecule is COC(=O)[C@H]1CCCCC[C@@H]1NC(=O)Nc1ccc2oc(=O)ccc2c1. The smallest absolute Gasteiger partial charge is 0.336 e. The van der Waals surface area contributed by atoms with Crippen LogP contribution in [0.4, 0.5) is 10.5 Å². The molecule has 2 atom stereocenters. The number of hydrogen-bond acceptors (Lipinski definition) is 5. The number of amides is 2. The molecule has 2 amide bonds. The van der Waals surface area contributed by atoms with E-state index in [0.29, 0.717) is 23.1 Å². The van der Waals surface area contributed by atoms with E-state index in [1.807, 2.05) is 0 Å². The predicted octanol–water partition coefficient (Wildman–Crippen LogP) is 3.04. The maximum atomic E-state index is 12.4. The summed E-state index contributed by atoms with van der Waals surface area (Å²) in [6.07, 6.45) is 4.43. The zero-order valence-corrected chi connectivity index (χ0v) is 14.6. The number of hydrogen-bond donors (Lipinski definition) is 2. The Morgan fingerprint density at radius 1 is 1.12 bits per heavy atom. The average molecular weight is 358 g/mol. The van der Waals surface area contributed by atoms with Crippen molar-refractivity contribution in [3.63, 3.8) is 0 Å². The lowest BCUT2D eigenvalue weighted by Crippen LogP contribution is -2.45. The number of rotatable bonds is 3. The molecule has 0 saturated heterocycles. The Hall–Kier alpha value is -2.83. The molecule has 26 heavy (non-hydrogen) atoms. The van der Waals surface area contributed by atoms with Crippen molar-refractivity contribution >= 4 is 28.7 Å². The highest BCUT2D eigenvalue weighted by Crippen LogP contribution is 2.25. The third-order valence-electron chi connectivity index (χ3n) is 4.71. The number of esters is 1. The van der Waals surface area contributed by atoms with Gasteiger partial charge in [-0.15, -0.1) is 0 Å². The summed E-state index contributed by atoms with van der Waals surface area (Å²) in [5.74, 6) is -0.600. The van der Waals surface area contributed by atoms with Crippen molar-refractivity contribution in [1.29, 1.82) is 0 Å². The van der Waals surface area contributed by atoms with E-state index < -0.39 is 5.63 Å². The second-order valence-corrected chi connectivity index (χ2v) is 6.48. The van der Waals surface area contributed by atoms with Gasteiger partial charge in [0.15, 0.2) is 0 Å². The van der Waals surface area contributed by atoms with Crippen molar-refractivity contribution in [1.82, 2.24) is 5.32 Å². The first-order valence-corrected chi connectivity index (χ1v) is 8.76. The molecule has 2 aromatic rings. The van der Waals surface area contributed by atoms with E-state index in [9.17, 15) is 14.4 Å². The van der Waals surface area contributed by atoms with Crippen LogP contribution in [0.5, 0.6) is 0 Å². The fraction of sp³-hybridized carbons (Fsp3) is 0.421. The highest BCUT2D eigenvalue weighted by molar-refractivity contribution is 5.92. The van der Waals surface area contributed by atoms with Gasteiger partial charge in [-0.1, -0.05) is 19.3 Å². The van der Waals surface area contributed by atoms with E-state index >= 15 is 0 Å². The molecule has 3 rings (SSSR count). The molecule has 1 aromatic heterocycles. The van der Waals surface area contributed by atoms with Crippen molar-refractivity contribution in [3.8, 4) is 0 Å². The predicted molar refractivity (Wildman–Crippen MR) is 97.0 cm³/mol. The number of carbonyl (C=O) groups excluding carboxylic acids is 2. The summed E-state index contributed by atoms with van der Waals surface area (Å²) >= 11 is 0. The molecule has 0 bridgehead atoms. The molecule has 0 aliphatic heterocycles. The normalized spacial score (nSPS) is 20.2. The molecule has 1 fully saturated rings. The van der Waals surface area contributed by atoms with Gasteiger partial charge in [0.05, 0.1) is 13.0 Å². The van der Waals surface area contributed by atoms with Gasteiger partial charge in [-0.3, -0.25) is 4.79 Å². The van der Waals surface area contributed by atoms with Gasteiger partial charge in [-0.2, -0.15) is 0 Å². The lowest BCUT2D eigenvalue weighted by molar-refractivity contribution is -0.146. The molecule has 7 nitrogen and oxygen atoms in total. The van der Waals surface area contributed by atoms with Crippen LogP contribution in [0.15, 0.2) is 39.5 Å². The molecule has 1 saturated carbocycles. The van der Waals surface area contributed by atoms with Gasteiger partial charge >= 0.3 is 17.6 Å². The number of nitrogens with one attached hydrogen (secondary N) is 2. The van der Waals surface area contributed by atoms with Crippen molar-refractivity contribution in [2.75, 3.05) is 12.4 Å². The Morgan fingerprint density at radius 2 is 1.92 bits per heavy atom. The van der Waals surface area contributed by atoms with Crippen molar-refractivity contribution in [2.24, 2.45) is 5.92 Å². The van der Waals surface area contributed by atoms with Gasteiger partial charge in [-0.05, 0) is 37.1 Å². The van der Waals surface area contributed by atoms with Gasteiger partial charge < -0.3 is 19.8 Å². The number of carbonyl (C=O) groups is 2. The topological polar surface area (TPSA) is 97.6 Å². The number of ether oxygens (including phenoxy) is 1. The van der Waals surface area contributed by atoms with Crippen LogP contribution < -0.4 is 16.3 Å². The molecule has 1 aliphatic carbocycles. The van der Waals surface area contributed by atoms with Crippen molar-refractivity contribution < 1.29 is 18.7 Å². The van der Waals surface area contributed by atoms with E-state index in [1.54, 1.807) is 24.3 Å². The van der Waals surface area contributed by atoms with Crippen LogP contribution in [0.3, 0.4) is 0 Å². The summed E-state index contributed by atoms with van der Waals surface area (Å²) in [5, 5.41) is 6.39. The average Bonchev–Trinajstić information content (AvgIpc) is 2.86. The summed E-state index contributed by atoms with van der Waals surface area (Å²) in [7, 11) is 1.37. The number of methoxy groups -OCH3 is 1. The molecule has 138 valence electrons. The summed E-state index contributed by atoms with van der Waals surface area (Å²) < 4.78 is 9.96. The molecule has 7 heteroatoms. The second-order valence-electron chi connectivity index (χ2n) is 6.48. The third-order valence-corrected chi connectivity index (χ3v) is 4.71. The van der Waals surface area contributed by atoms with E-state index in [1.165, 1.54) is 13.2 Å². The number of fused-ring (bicyclic) bond motifs is 1. The lowest BCUT2D eigenvalue weighted by Gasteiger charge is -2.24. The first kappa shape index (κ1) is 18.0. The summed E-state index contributed by atoms with van der Waals surface area (Å²) in [5.41, 5.74) is 0.614. The second kappa shape index (κ2) is 8.03. The number of benzene rings is 1. The fourth-order valence-electron chi connectivity index (χ4n) is 3.40. The van der Waals surface area contributed by atoms with Crippen LogP contribution in [0.25, 0.3) is 11.0 Å². The Kier molecular flexibility index (Phi) is 5.55. The monoisotopic (exact) mass is 358 g/mol. The minimum atomic E-state index is -0.418. The van der Waals surface area contributed by atoms with Crippen LogP contribution >= 0.6 is 0 Å². The molecular formula is C19H22N2O5. The van der Waals surface area contributed by atoms with E-state index in [0.717, 1.165) is 25.7 Å². The molecule has 0 unspecified atom stereocenters. The minimum absolute atomic E-state index is 0.247. The minimum Gasteiger partial charge on any atom is -0.469 e. The van der Waals surface area contributed by atoms with Gasteiger partial charge in [0.2, 0.25) is 0 Å². The summed E-state index contributed by atoms with van der Waals surface area (Å²) in [6, 6.07) is 7.38. The molecule has 0 spiro atoms. The van der Waals surface area contributed by atoms with Gasteiger partial charge in [0, 0.05) is 23.2 Å². The van der Waals surface area contributed by atoms with Crippen LogP contribution in [0.2, 0.25) is 0 Å². The molecular weight excluding hydrogens is 336 g/mol. The molecule has 1 heterocycles. The van der Waals surface area contributed by atoms with Gasteiger partial charge in [0.25, 0.3) is 0 Å². The zero-order valence-electron chi connectivity index (χ0n) is 14.6. The highest BCUT2D eigenvalue weighted by Gasteiger charge is 2.31. The van der Waals surface area contributed by atoms with Gasteiger partial charge in [0.1, 0.15) is 5.58 Å². The van der Waals surface area contributed by atoms with Gasteiger partial charge in [-0.25, -0.2) is 9.59 Å². The fourth-order valence-corrected chi connectivity index (χ4v) is 3.40. The summed E-state index contributed by atoms with van der Waals surface area (Å²) in [6.45, 7) is 0. The van der Waals surface area contributed by atoms with Crippen LogP contribution in [-0.2, 0) is 9.53 Å². The van der Waals surface area contributed by atoms with Crippen LogP contribution in [0.1, 0.15) is 32.1 Å². The molecule has 2 N–H and O–H groups in total. The Labute approximate surface area is 150 Å². The zero-order chi connectivity index (χ0) is 18.5. The number of urea groups is 1. The Morgan fingerprint density at radius 3 is 2.73 bits per heavy atom. The first-order valence-electron chi connectivity index (χ1n) is 8.76. The quantitative estimate of drug-likeness (QED) is 0.499. The number of anilines is 1. The van der Waals surface area contributed by atoms with Crippen molar-refractivity contribution in [2.45, 2.75) is 38.1 Å². The molecule has 0 radical (unpaired) electrons. The third kappa shape index (κ3) is 4.22. The van der Waals surface area contributed by atoms with E-state index in [4.69, 9.17) is 9.15 Å². The largest absolute Gasteiger partial charge is 0.469 e. The molecule has 1 aromatic carbocycles. The Bertz CT molecular complexity index is 860. The standard InChI is InChI=1S/C19H22N2O5/c1-25-18(23)14-5-3-2-4-6-15(14)21-19(24)20-13-8-9-16-12(11-13)7-10-17(22)26-16/h7-11,14-15H,2-6H2,1H3,(H2,20,21,24)/t14-,15-/m0/s1. The molecule has 1 aliphatic rings. The maximum Gasteiger partial charge on any atom is 0.336 e.